The van der Waals surface area contributed by atoms with Gasteiger partial charge in [-0.2, -0.15) is 0 Å². The third-order valence-corrected chi connectivity index (χ3v) is 4.52. The summed E-state index contributed by atoms with van der Waals surface area (Å²) in [5.74, 6) is -0.185. The van der Waals surface area contributed by atoms with E-state index in [0.29, 0.717) is 6.04 Å². The highest BCUT2D eigenvalue weighted by atomic mass is 16.2. The molecule has 5 heteroatoms. The number of carbonyl (C=O) groups excluding carboxylic acids is 2. The van der Waals surface area contributed by atoms with Crippen molar-refractivity contribution in [1.82, 2.24) is 10.6 Å². The van der Waals surface area contributed by atoms with Crippen LogP contribution in [-0.4, -0.2) is 29.9 Å². The molecule has 1 heterocycles. The zero-order valence-corrected chi connectivity index (χ0v) is 12.9. The molecule has 1 aliphatic carbocycles. The van der Waals surface area contributed by atoms with Gasteiger partial charge < -0.3 is 16.0 Å². The average Bonchev–Trinajstić information content (AvgIpc) is 2.48. The molecule has 0 aromatic heterocycles. The molecule has 118 valence electrons. The van der Waals surface area contributed by atoms with E-state index in [4.69, 9.17) is 0 Å². The van der Waals surface area contributed by atoms with Crippen LogP contribution in [0.15, 0.2) is 24.3 Å². The van der Waals surface area contributed by atoms with Crippen LogP contribution in [0.25, 0.3) is 0 Å². The Hall–Kier alpha value is -1.88. The van der Waals surface area contributed by atoms with Crippen LogP contribution >= 0.6 is 0 Å². The molecule has 2 fully saturated rings. The van der Waals surface area contributed by atoms with Crippen molar-refractivity contribution < 1.29 is 9.59 Å². The quantitative estimate of drug-likeness (QED) is 0.796. The number of hydrogen-bond acceptors (Lipinski definition) is 3. The minimum absolute atomic E-state index is 0.0532. The van der Waals surface area contributed by atoms with E-state index in [0.717, 1.165) is 24.1 Å². The highest BCUT2D eigenvalue weighted by Gasteiger charge is 2.36. The van der Waals surface area contributed by atoms with E-state index in [1.165, 1.54) is 12.8 Å². The largest absolute Gasteiger partial charge is 0.350 e. The first-order valence-corrected chi connectivity index (χ1v) is 8.05. The number of nitrogens with one attached hydrogen (secondary N) is 3. The fourth-order valence-corrected chi connectivity index (χ4v) is 3.39. The van der Waals surface area contributed by atoms with Gasteiger partial charge in [0.15, 0.2) is 0 Å². The third kappa shape index (κ3) is 3.47. The van der Waals surface area contributed by atoms with Gasteiger partial charge >= 0.3 is 0 Å². The Morgan fingerprint density at radius 1 is 1.27 bits per heavy atom. The number of amides is 2. The maximum Gasteiger partial charge on any atom is 0.237 e. The van der Waals surface area contributed by atoms with Gasteiger partial charge in [-0.3, -0.25) is 9.59 Å². The minimum atomic E-state index is -0.427. The lowest BCUT2D eigenvalue weighted by atomic mass is 9.87. The van der Waals surface area contributed by atoms with Gasteiger partial charge in [-0.25, -0.2) is 0 Å². The van der Waals surface area contributed by atoms with Crippen LogP contribution in [0, 0.1) is 6.92 Å². The smallest absolute Gasteiger partial charge is 0.237 e. The molecule has 0 unspecified atom stereocenters. The van der Waals surface area contributed by atoms with Crippen molar-refractivity contribution in [1.29, 1.82) is 0 Å². The second-order valence-corrected chi connectivity index (χ2v) is 6.35. The van der Waals surface area contributed by atoms with Crippen LogP contribution in [0.3, 0.4) is 0 Å². The van der Waals surface area contributed by atoms with E-state index < -0.39 is 6.04 Å². The average molecular weight is 301 g/mol. The van der Waals surface area contributed by atoms with Crippen molar-refractivity contribution in [2.24, 2.45) is 0 Å². The molecule has 3 N–H and O–H groups in total. The molecule has 1 aromatic rings. The summed E-state index contributed by atoms with van der Waals surface area (Å²) in [5.41, 5.74) is 1.87. The van der Waals surface area contributed by atoms with Gasteiger partial charge in [0.1, 0.15) is 0 Å². The van der Waals surface area contributed by atoms with Gasteiger partial charge in [0.05, 0.1) is 12.5 Å². The fraction of sp³-hybridized carbons (Fsp3) is 0.529. The molecular formula is C17H23N3O2. The summed E-state index contributed by atoms with van der Waals surface area (Å²) in [5, 5.41) is 9.29. The van der Waals surface area contributed by atoms with Gasteiger partial charge in [-0.05, 0) is 37.5 Å². The van der Waals surface area contributed by atoms with Gasteiger partial charge in [-0.15, -0.1) is 0 Å². The second kappa shape index (κ2) is 6.48. The van der Waals surface area contributed by atoms with Crippen molar-refractivity contribution in [2.45, 2.75) is 57.2 Å². The van der Waals surface area contributed by atoms with Gasteiger partial charge in [0.25, 0.3) is 0 Å². The molecule has 3 rings (SSSR count). The van der Waals surface area contributed by atoms with Gasteiger partial charge in [-0.1, -0.05) is 25.0 Å². The fourth-order valence-electron chi connectivity index (χ4n) is 3.39. The van der Waals surface area contributed by atoms with Crippen molar-refractivity contribution in [3.05, 3.63) is 29.8 Å². The van der Waals surface area contributed by atoms with E-state index in [-0.39, 0.29) is 24.3 Å². The Kier molecular flexibility index (Phi) is 4.43. The van der Waals surface area contributed by atoms with E-state index in [2.05, 4.69) is 16.0 Å². The maximum absolute atomic E-state index is 12.2. The van der Waals surface area contributed by atoms with E-state index in [1.54, 1.807) is 0 Å². The standard InChI is InChI=1S/C17H23N3O2/c1-11-5-4-6-12(9-11)18-16(21)10-15-17(22)20-14-8-3-2-7-13(14)19-15/h4-6,9,13-15,19H,2-3,7-8,10H2,1H3,(H,18,21)(H,20,22)/t13-,14-,15+/m0/s1. The first kappa shape index (κ1) is 15.0. The molecular weight excluding hydrogens is 278 g/mol. The number of anilines is 1. The predicted molar refractivity (Wildman–Crippen MR) is 85.5 cm³/mol. The lowest BCUT2D eigenvalue weighted by Crippen LogP contribution is -2.65. The summed E-state index contributed by atoms with van der Waals surface area (Å²) in [6.45, 7) is 1.98. The molecule has 3 atom stereocenters. The summed E-state index contributed by atoms with van der Waals surface area (Å²) >= 11 is 0. The van der Waals surface area contributed by atoms with E-state index in [1.807, 2.05) is 31.2 Å². The first-order chi connectivity index (χ1) is 10.6. The van der Waals surface area contributed by atoms with Crippen LogP contribution in [0.4, 0.5) is 5.69 Å². The summed E-state index contributed by atoms with van der Waals surface area (Å²) < 4.78 is 0. The number of hydrogen-bond donors (Lipinski definition) is 3. The summed E-state index contributed by atoms with van der Waals surface area (Å²) in [4.78, 5) is 24.3. The number of piperazine rings is 1. The maximum atomic E-state index is 12.2. The first-order valence-electron chi connectivity index (χ1n) is 8.05. The van der Waals surface area contributed by atoms with Crippen LogP contribution in [0.2, 0.25) is 0 Å². The third-order valence-electron chi connectivity index (χ3n) is 4.52. The molecule has 5 nitrogen and oxygen atoms in total. The second-order valence-electron chi connectivity index (χ2n) is 6.35. The van der Waals surface area contributed by atoms with Gasteiger partial charge in [0.2, 0.25) is 11.8 Å². The molecule has 22 heavy (non-hydrogen) atoms. The number of benzene rings is 1. The molecule has 1 aliphatic heterocycles. The molecule has 0 bridgehead atoms. The Bertz CT molecular complexity index is 573. The van der Waals surface area contributed by atoms with Crippen molar-refractivity contribution in [3.8, 4) is 0 Å². The molecule has 2 aliphatic rings. The monoisotopic (exact) mass is 301 g/mol. The molecule has 1 saturated carbocycles. The number of carbonyl (C=O) groups is 2. The molecule has 0 radical (unpaired) electrons. The van der Waals surface area contributed by atoms with Crippen molar-refractivity contribution in [3.63, 3.8) is 0 Å². The number of fused-ring (bicyclic) bond motifs is 1. The number of aryl methyl sites for hydroxylation is 1. The van der Waals surface area contributed by atoms with Crippen LogP contribution in [-0.2, 0) is 9.59 Å². The van der Waals surface area contributed by atoms with Crippen molar-refractivity contribution in [2.75, 3.05) is 5.32 Å². The molecule has 1 aromatic carbocycles. The SMILES string of the molecule is Cc1cccc(NC(=O)C[C@H]2N[C@H]3CCCC[C@@H]3NC2=O)c1. The predicted octanol–water partition coefficient (Wildman–Crippen LogP) is 1.72. The van der Waals surface area contributed by atoms with Crippen LogP contribution in [0.1, 0.15) is 37.7 Å². The highest BCUT2D eigenvalue weighted by Crippen LogP contribution is 2.22. The van der Waals surface area contributed by atoms with Crippen molar-refractivity contribution >= 4 is 17.5 Å². The van der Waals surface area contributed by atoms with Crippen LogP contribution < -0.4 is 16.0 Å². The molecule has 0 spiro atoms. The Labute approximate surface area is 130 Å². The molecule has 2 amide bonds. The normalized spacial score (nSPS) is 27.7. The minimum Gasteiger partial charge on any atom is -0.350 e. The lowest BCUT2D eigenvalue weighted by molar-refractivity contribution is -0.129. The van der Waals surface area contributed by atoms with Gasteiger partial charge in [0, 0.05) is 17.8 Å². The number of rotatable bonds is 3. The van der Waals surface area contributed by atoms with Crippen LogP contribution in [0.5, 0.6) is 0 Å². The Morgan fingerprint density at radius 2 is 2.05 bits per heavy atom. The van der Waals surface area contributed by atoms with E-state index >= 15 is 0 Å². The Morgan fingerprint density at radius 3 is 2.82 bits per heavy atom. The highest BCUT2D eigenvalue weighted by molar-refractivity contribution is 5.95. The summed E-state index contributed by atoms with van der Waals surface area (Å²) in [7, 11) is 0. The lowest BCUT2D eigenvalue weighted by Gasteiger charge is -2.40. The topological polar surface area (TPSA) is 70.2 Å². The zero-order valence-electron chi connectivity index (χ0n) is 12.9. The zero-order chi connectivity index (χ0) is 15.5. The molecule has 1 saturated heterocycles. The Balaban J connectivity index is 1.57. The van der Waals surface area contributed by atoms with E-state index in [9.17, 15) is 9.59 Å². The summed E-state index contributed by atoms with van der Waals surface area (Å²) in [6, 6.07) is 7.78. The summed E-state index contributed by atoms with van der Waals surface area (Å²) in [6.07, 6.45) is 4.63.